The molecule has 2 heterocycles. The van der Waals surface area contributed by atoms with Gasteiger partial charge in [-0.05, 0) is 30.9 Å². The number of rotatable bonds is 3. The average Bonchev–Trinajstić information content (AvgIpc) is 2.70. The standard InChI is InChI=1S/C14H21N3O/c1-4-15-12-6-5-11(9-16-12)13(18)17-8-7-14(2,3)10-17/h5-6,9H,4,7-8,10H2,1-3H3,(H,15,16). The van der Waals surface area contributed by atoms with Gasteiger partial charge in [0.1, 0.15) is 5.82 Å². The fourth-order valence-electron chi connectivity index (χ4n) is 2.27. The summed E-state index contributed by atoms with van der Waals surface area (Å²) in [6, 6.07) is 3.70. The van der Waals surface area contributed by atoms with Crippen molar-refractivity contribution in [3.05, 3.63) is 23.9 Å². The lowest BCUT2D eigenvalue weighted by Gasteiger charge is -2.19. The number of carbonyl (C=O) groups excluding carboxylic acids is 1. The number of nitrogens with one attached hydrogen (secondary N) is 1. The summed E-state index contributed by atoms with van der Waals surface area (Å²) in [5.41, 5.74) is 0.918. The van der Waals surface area contributed by atoms with E-state index in [1.165, 1.54) is 0 Å². The van der Waals surface area contributed by atoms with E-state index >= 15 is 0 Å². The summed E-state index contributed by atoms with van der Waals surface area (Å²) >= 11 is 0. The van der Waals surface area contributed by atoms with Crippen LogP contribution in [-0.2, 0) is 0 Å². The van der Waals surface area contributed by atoms with E-state index in [1.54, 1.807) is 6.20 Å². The van der Waals surface area contributed by atoms with Crippen LogP contribution in [0.5, 0.6) is 0 Å². The van der Waals surface area contributed by atoms with Gasteiger partial charge in [-0.25, -0.2) is 4.98 Å². The number of nitrogens with zero attached hydrogens (tertiary/aromatic N) is 2. The molecule has 0 spiro atoms. The molecule has 18 heavy (non-hydrogen) atoms. The Morgan fingerprint density at radius 2 is 2.28 bits per heavy atom. The molecule has 98 valence electrons. The molecule has 1 aromatic rings. The second-order valence-electron chi connectivity index (χ2n) is 5.60. The van der Waals surface area contributed by atoms with Crippen molar-refractivity contribution in [3.63, 3.8) is 0 Å². The molecule has 4 nitrogen and oxygen atoms in total. The van der Waals surface area contributed by atoms with Crippen LogP contribution in [0.4, 0.5) is 5.82 Å². The summed E-state index contributed by atoms with van der Waals surface area (Å²) in [5, 5.41) is 3.12. The van der Waals surface area contributed by atoms with Gasteiger partial charge >= 0.3 is 0 Å². The van der Waals surface area contributed by atoms with Crippen LogP contribution >= 0.6 is 0 Å². The summed E-state index contributed by atoms with van der Waals surface area (Å²) in [6.45, 7) is 8.94. The molecule has 1 saturated heterocycles. The van der Waals surface area contributed by atoms with Gasteiger partial charge in [-0.2, -0.15) is 0 Å². The van der Waals surface area contributed by atoms with Gasteiger partial charge in [0.05, 0.1) is 5.56 Å². The highest BCUT2D eigenvalue weighted by Gasteiger charge is 2.32. The number of likely N-dealkylation sites (tertiary alicyclic amines) is 1. The van der Waals surface area contributed by atoms with Crippen molar-refractivity contribution in [2.75, 3.05) is 25.0 Å². The van der Waals surface area contributed by atoms with Gasteiger partial charge in [-0.3, -0.25) is 4.79 Å². The summed E-state index contributed by atoms with van der Waals surface area (Å²) in [6.07, 6.45) is 2.73. The minimum atomic E-state index is 0.0936. The number of anilines is 1. The summed E-state index contributed by atoms with van der Waals surface area (Å²) < 4.78 is 0. The molecule has 0 bridgehead atoms. The van der Waals surface area contributed by atoms with Crippen LogP contribution < -0.4 is 5.32 Å². The Labute approximate surface area is 108 Å². The quantitative estimate of drug-likeness (QED) is 0.892. The number of pyridine rings is 1. The minimum absolute atomic E-state index is 0.0936. The van der Waals surface area contributed by atoms with Crippen LogP contribution in [0.15, 0.2) is 18.3 Å². The Bertz CT molecular complexity index is 425. The monoisotopic (exact) mass is 247 g/mol. The molecule has 0 saturated carbocycles. The summed E-state index contributed by atoms with van der Waals surface area (Å²) in [5.74, 6) is 0.909. The average molecular weight is 247 g/mol. The maximum atomic E-state index is 12.3. The molecule has 1 aliphatic heterocycles. The summed E-state index contributed by atoms with van der Waals surface area (Å²) in [4.78, 5) is 18.4. The molecule has 1 N–H and O–H groups in total. The highest BCUT2D eigenvalue weighted by Crippen LogP contribution is 2.29. The van der Waals surface area contributed by atoms with Gasteiger partial charge in [0.2, 0.25) is 0 Å². The van der Waals surface area contributed by atoms with Gasteiger partial charge in [0.25, 0.3) is 5.91 Å². The predicted molar refractivity (Wildman–Crippen MR) is 72.7 cm³/mol. The molecule has 4 heteroatoms. The van der Waals surface area contributed by atoms with Crippen LogP contribution in [0, 0.1) is 5.41 Å². The zero-order valence-corrected chi connectivity index (χ0v) is 11.4. The van der Waals surface area contributed by atoms with Crippen LogP contribution in [0.3, 0.4) is 0 Å². The minimum Gasteiger partial charge on any atom is -0.370 e. The van der Waals surface area contributed by atoms with E-state index in [1.807, 2.05) is 24.0 Å². The van der Waals surface area contributed by atoms with Crippen LogP contribution in [0.1, 0.15) is 37.6 Å². The first-order chi connectivity index (χ1) is 8.52. The number of amides is 1. The number of hydrogen-bond acceptors (Lipinski definition) is 3. The highest BCUT2D eigenvalue weighted by atomic mass is 16.2. The smallest absolute Gasteiger partial charge is 0.255 e. The molecule has 0 radical (unpaired) electrons. The van der Waals surface area contributed by atoms with Crippen molar-refractivity contribution < 1.29 is 4.79 Å². The number of aromatic nitrogens is 1. The Hall–Kier alpha value is -1.58. The number of hydrogen-bond donors (Lipinski definition) is 1. The normalized spacial score (nSPS) is 17.8. The molecule has 1 aliphatic rings. The molecular weight excluding hydrogens is 226 g/mol. The van der Waals surface area contributed by atoms with E-state index in [9.17, 15) is 4.79 Å². The third kappa shape index (κ3) is 2.81. The van der Waals surface area contributed by atoms with Crippen molar-refractivity contribution in [1.82, 2.24) is 9.88 Å². The topological polar surface area (TPSA) is 45.2 Å². The van der Waals surface area contributed by atoms with Gasteiger partial charge in [0, 0.05) is 25.8 Å². The van der Waals surface area contributed by atoms with Gasteiger partial charge in [-0.1, -0.05) is 13.8 Å². The highest BCUT2D eigenvalue weighted by molar-refractivity contribution is 5.94. The molecule has 0 aromatic carbocycles. The first kappa shape index (κ1) is 12.9. The van der Waals surface area contributed by atoms with Crippen LogP contribution in [-0.4, -0.2) is 35.4 Å². The molecule has 1 fully saturated rings. The maximum Gasteiger partial charge on any atom is 0.255 e. The zero-order valence-electron chi connectivity index (χ0n) is 11.4. The predicted octanol–water partition coefficient (Wildman–Crippen LogP) is 2.39. The van der Waals surface area contributed by atoms with Crippen molar-refractivity contribution >= 4 is 11.7 Å². The fourth-order valence-corrected chi connectivity index (χ4v) is 2.27. The number of carbonyl (C=O) groups is 1. The molecule has 1 amide bonds. The van der Waals surface area contributed by atoms with E-state index < -0.39 is 0 Å². The molecule has 1 aromatic heterocycles. The Balaban J connectivity index is 2.05. The van der Waals surface area contributed by atoms with E-state index in [0.29, 0.717) is 5.56 Å². The third-order valence-electron chi connectivity index (χ3n) is 3.33. The SMILES string of the molecule is CCNc1ccc(C(=O)N2CCC(C)(C)C2)cn1. The lowest BCUT2D eigenvalue weighted by atomic mass is 9.93. The fraction of sp³-hybridized carbons (Fsp3) is 0.571. The molecular formula is C14H21N3O. The molecule has 2 rings (SSSR count). The Morgan fingerprint density at radius 3 is 2.78 bits per heavy atom. The van der Waals surface area contributed by atoms with Gasteiger partial charge in [0.15, 0.2) is 0 Å². The van der Waals surface area contributed by atoms with E-state index in [0.717, 1.165) is 31.9 Å². The lowest BCUT2D eigenvalue weighted by molar-refractivity contribution is 0.0778. The van der Waals surface area contributed by atoms with Crippen molar-refractivity contribution in [2.45, 2.75) is 27.2 Å². The van der Waals surface area contributed by atoms with Crippen LogP contribution in [0.2, 0.25) is 0 Å². The van der Waals surface area contributed by atoms with Crippen LogP contribution in [0.25, 0.3) is 0 Å². The van der Waals surface area contributed by atoms with E-state index in [-0.39, 0.29) is 11.3 Å². The van der Waals surface area contributed by atoms with Crippen molar-refractivity contribution in [1.29, 1.82) is 0 Å². The van der Waals surface area contributed by atoms with Gasteiger partial charge in [-0.15, -0.1) is 0 Å². The largest absolute Gasteiger partial charge is 0.370 e. The zero-order chi connectivity index (χ0) is 13.2. The molecule has 0 atom stereocenters. The van der Waals surface area contributed by atoms with Gasteiger partial charge < -0.3 is 10.2 Å². The maximum absolute atomic E-state index is 12.3. The molecule has 0 aliphatic carbocycles. The van der Waals surface area contributed by atoms with E-state index in [2.05, 4.69) is 24.1 Å². The Kier molecular flexibility index (Phi) is 3.55. The van der Waals surface area contributed by atoms with E-state index in [4.69, 9.17) is 0 Å². The van der Waals surface area contributed by atoms with Crippen molar-refractivity contribution in [2.24, 2.45) is 5.41 Å². The second kappa shape index (κ2) is 4.96. The first-order valence-electron chi connectivity index (χ1n) is 6.51. The Morgan fingerprint density at radius 1 is 1.50 bits per heavy atom. The summed E-state index contributed by atoms with van der Waals surface area (Å²) in [7, 11) is 0. The molecule has 0 unspecified atom stereocenters. The van der Waals surface area contributed by atoms with Crippen molar-refractivity contribution in [3.8, 4) is 0 Å². The second-order valence-corrected chi connectivity index (χ2v) is 5.60. The first-order valence-corrected chi connectivity index (χ1v) is 6.51. The lowest BCUT2D eigenvalue weighted by Crippen LogP contribution is -2.30. The third-order valence-corrected chi connectivity index (χ3v) is 3.33.